The fraction of sp³-hybridized carbons (Fsp3) is 0.0909. The fourth-order valence-electron chi connectivity index (χ4n) is 1.20. The maximum absolute atomic E-state index is 13.5. The van der Waals surface area contributed by atoms with Gasteiger partial charge in [0.1, 0.15) is 12.1 Å². The summed E-state index contributed by atoms with van der Waals surface area (Å²) >= 11 is 0. The number of hydrogen-bond acceptors (Lipinski definition) is 4. The number of nitrogens with two attached hydrogens (primary N) is 1. The van der Waals surface area contributed by atoms with Crippen molar-refractivity contribution >= 4 is 5.69 Å². The lowest BCUT2D eigenvalue weighted by atomic mass is 10.3. The predicted octanol–water partition coefficient (Wildman–Crippen LogP) is 2.30. The van der Waals surface area contributed by atoms with Crippen LogP contribution in [-0.2, 0) is 0 Å². The van der Waals surface area contributed by atoms with E-state index in [2.05, 4.69) is 9.97 Å². The third-order valence-electron chi connectivity index (χ3n) is 2.00. The topological polar surface area (TPSA) is 61.0 Å². The zero-order valence-electron chi connectivity index (χ0n) is 8.64. The van der Waals surface area contributed by atoms with Gasteiger partial charge in [-0.15, -0.1) is 0 Å². The van der Waals surface area contributed by atoms with Crippen molar-refractivity contribution in [2.24, 2.45) is 0 Å². The highest BCUT2D eigenvalue weighted by molar-refractivity contribution is 5.44. The summed E-state index contributed by atoms with van der Waals surface area (Å²) in [5.41, 5.74) is 6.36. The SMILES string of the molecule is Cc1ncnc(Oc2cccc(N)c2)c1F. The van der Waals surface area contributed by atoms with Gasteiger partial charge < -0.3 is 10.5 Å². The van der Waals surface area contributed by atoms with E-state index in [4.69, 9.17) is 10.5 Å². The van der Waals surface area contributed by atoms with Crippen LogP contribution in [0.1, 0.15) is 5.69 Å². The number of nitrogens with zero attached hydrogens (tertiary/aromatic N) is 2. The third kappa shape index (κ3) is 2.08. The standard InChI is InChI=1S/C11H10FN3O/c1-7-10(12)11(15-6-14-7)16-9-4-2-3-8(13)5-9/h2-6H,13H2,1H3. The summed E-state index contributed by atoms with van der Waals surface area (Å²) in [4.78, 5) is 7.42. The van der Waals surface area contributed by atoms with Gasteiger partial charge in [-0.25, -0.2) is 4.98 Å². The van der Waals surface area contributed by atoms with Crippen molar-refractivity contribution in [2.45, 2.75) is 6.92 Å². The second kappa shape index (κ2) is 4.14. The van der Waals surface area contributed by atoms with Crippen molar-refractivity contribution in [3.8, 4) is 11.6 Å². The summed E-state index contributed by atoms with van der Waals surface area (Å²) in [7, 11) is 0. The number of ether oxygens (including phenoxy) is 1. The number of hydrogen-bond donors (Lipinski definition) is 1. The molecule has 0 saturated heterocycles. The summed E-state index contributed by atoms with van der Waals surface area (Å²) < 4.78 is 18.8. The highest BCUT2D eigenvalue weighted by atomic mass is 19.1. The van der Waals surface area contributed by atoms with Crippen LogP contribution in [0.3, 0.4) is 0 Å². The average molecular weight is 219 g/mol. The average Bonchev–Trinajstić information content (AvgIpc) is 2.25. The summed E-state index contributed by atoms with van der Waals surface area (Å²) in [6, 6.07) is 6.70. The molecule has 0 fully saturated rings. The van der Waals surface area contributed by atoms with E-state index in [9.17, 15) is 4.39 Å². The monoisotopic (exact) mass is 219 g/mol. The molecule has 1 aromatic heterocycles. The minimum absolute atomic E-state index is 0.0990. The maximum atomic E-state index is 13.5. The second-order valence-corrected chi connectivity index (χ2v) is 3.25. The van der Waals surface area contributed by atoms with E-state index in [-0.39, 0.29) is 11.6 Å². The van der Waals surface area contributed by atoms with Crippen LogP contribution < -0.4 is 10.5 Å². The lowest BCUT2D eigenvalue weighted by Crippen LogP contribution is -1.97. The van der Waals surface area contributed by atoms with Crippen LogP contribution in [0.5, 0.6) is 11.6 Å². The predicted molar refractivity (Wildman–Crippen MR) is 57.7 cm³/mol. The molecular weight excluding hydrogens is 209 g/mol. The molecule has 0 radical (unpaired) electrons. The van der Waals surface area contributed by atoms with Gasteiger partial charge in [-0.1, -0.05) is 6.07 Å². The molecule has 0 aliphatic carbocycles. The number of aromatic nitrogens is 2. The Labute approximate surface area is 91.9 Å². The first-order chi connectivity index (χ1) is 7.66. The molecule has 82 valence electrons. The number of rotatable bonds is 2. The largest absolute Gasteiger partial charge is 0.436 e. The Morgan fingerprint density at radius 2 is 2.12 bits per heavy atom. The van der Waals surface area contributed by atoms with E-state index >= 15 is 0 Å². The molecular formula is C11H10FN3O. The van der Waals surface area contributed by atoms with Gasteiger partial charge in [0.2, 0.25) is 5.82 Å². The molecule has 4 nitrogen and oxygen atoms in total. The highest BCUT2D eigenvalue weighted by Gasteiger charge is 2.09. The lowest BCUT2D eigenvalue weighted by molar-refractivity contribution is 0.417. The van der Waals surface area contributed by atoms with E-state index in [1.807, 2.05) is 0 Å². The summed E-state index contributed by atoms with van der Waals surface area (Å²) in [6.45, 7) is 1.54. The molecule has 0 spiro atoms. The van der Waals surface area contributed by atoms with Crippen LogP contribution >= 0.6 is 0 Å². The minimum atomic E-state index is -0.565. The zero-order chi connectivity index (χ0) is 11.5. The maximum Gasteiger partial charge on any atom is 0.259 e. The molecule has 0 aliphatic heterocycles. The minimum Gasteiger partial charge on any atom is -0.436 e. The van der Waals surface area contributed by atoms with Crippen molar-refractivity contribution in [1.29, 1.82) is 0 Å². The van der Waals surface area contributed by atoms with Crippen LogP contribution in [-0.4, -0.2) is 9.97 Å². The number of nitrogen functional groups attached to an aromatic ring is 1. The van der Waals surface area contributed by atoms with Crippen LogP contribution in [0.4, 0.5) is 10.1 Å². The van der Waals surface area contributed by atoms with E-state index in [1.165, 1.54) is 6.33 Å². The third-order valence-corrected chi connectivity index (χ3v) is 2.00. The van der Waals surface area contributed by atoms with E-state index < -0.39 is 5.82 Å². The van der Waals surface area contributed by atoms with Crippen molar-refractivity contribution in [1.82, 2.24) is 9.97 Å². The van der Waals surface area contributed by atoms with Crippen LogP contribution in [0.25, 0.3) is 0 Å². The lowest BCUT2D eigenvalue weighted by Gasteiger charge is -2.06. The molecule has 0 amide bonds. The Kier molecular flexibility index (Phi) is 2.68. The van der Waals surface area contributed by atoms with Gasteiger partial charge in [0.25, 0.3) is 5.88 Å². The number of halogens is 1. The van der Waals surface area contributed by atoms with Gasteiger partial charge >= 0.3 is 0 Å². The van der Waals surface area contributed by atoms with Crippen molar-refractivity contribution in [2.75, 3.05) is 5.73 Å². The first kappa shape index (κ1) is 10.4. The Bertz CT molecular complexity index is 516. The zero-order valence-corrected chi connectivity index (χ0v) is 8.64. The van der Waals surface area contributed by atoms with Crippen molar-refractivity contribution in [3.05, 3.63) is 42.1 Å². The fourth-order valence-corrected chi connectivity index (χ4v) is 1.20. The molecule has 5 heteroatoms. The number of aryl methyl sites for hydroxylation is 1. The van der Waals surface area contributed by atoms with E-state index in [0.29, 0.717) is 11.4 Å². The summed E-state index contributed by atoms with van der Waals surface area (Å²) in [6.07, 6.45) is 1.25. The van der Waals surface area contributed by atoms with Gasteiger partial charge in [0, 0.05) is 11.8 Å². The molecule has 16 heavy (non-hydrogen) atoms. The van der Waals surface area contributed by atoms with Gasteiger partial charge in [-0.2, -0.15) is 9.37 Å². The van der Waals surface area contributed by atoms with Crippen LogP contribution in [0, 0.1) is 12.7 Å². The highest BCUT2D eigenvalue weighted by Crippen LogP contribution is 2.23. The number of anilines is 1. The van der Waals surface area contributed by atoms with Gasteiger partial charge in [0.05, 0.1) is 5.69 Å². The van der Waals surface area contributed by atoms with Gasteiger partial charge in [-0.3, -0.25) is 0 Å². The Morgan fingerprint density at radius 3 is 2.88 bits per heavy atom. The molecule has 1 heterocycles. The smallest absolute Gasteiger partial charge is 0.259 e. The quantitative estimate of drug-likeness (QED) is 0.787. The molecule has 2 aromatic rings. The van der Waals surface area contributed by atoms with E-state index in [1.54, 1.807) is 31.2 Å². The molecule has 2 rings (SSSR count). The molecule has 0 unspecified atom stereocenters. The van der Waals surface area contributed by atoms with E-state index in [0.717, 1.165) is 0 Å². The van der Waals surface area contributed by atoms with Crippen LogP contribution in [0.2, 0.25) is 0 Å². The Morgan fingerprint density at radius 1 is 1.31 bits per heavy atom. The first-order valence-electron chi connectivity index (χ1n) is 4.67. The van der Waals surface area contributed by atoms with Crippen molar-refractivity contribution < 1.29 is 9.13 Å². The molecule has 0 saturated carbocycles. The molecule has 2 N–H and O–H groups in total. The van der Waals surface area contributed by atoms with Crippen LogP contribution in [0.15, 0.2) is 30.6 Å². The Hall–Kier alpha value is -2.17. The normalized spacial score (nSPS) is 10.1. The second-order valence-electron chi connectivity index (χ2n) is 3.25. The summed E-state index contributed by atoms with van der Waals surface area (Å²) in [5.74, 6) is -0.222. The first-order valence-corrected chi connectivity index (χ1v) is 4.67. The molecule has 0 atom stereocenters. The van der Waals surface area contributed by atoms with Crippen molar-refractivity contribution in [3.63, 3.8) is 0 Å². The Balaban J connectivity index is 2.31. The molecule has 0 bridgehead atoms. The summed E-state index contributed by atoms with van der Waals surface area (Å²) in [5, 5.41) is 0. The van der Waals surface area contributed by atoms with Gasteiger partial charge in [-0.05, 0) is 19.1 Å². The molecule has 1 aromatic carbocycles. The number of benzene rings is 1. The molecule has 0 aliphatic rings. The van der Waals surface area contributed by atoms with Gasteiger partial charge in [0.15, 0.2) is 0 Å².